The van der Waals surface area contributed by atoms with E-state index in [2.05, 4.69) is 10.2 Å². The molecule has 2 fully saturated rings. The van der Waals surface area contributed by atoms with E-state index in [0.29, 0.717) is 24.7 Å². The molecular weight excluding hydrogens is 332 g/mol. The quantitative estimate of drug-likeness (QED) is 0.880. The number of carbonyl (C=O) groups is 2. The first-order valence-electron chi connectivity index (χ1n) is 8.90. The van der Waals surface area contributed by atoms with Crippen molar-refractivity contribution < 1.29 is 9.59 Å². The molecule has 8 heteroatoms. The summed E-state index contributed by atoms with van der Waals surface area (Å²) in [6.45, 7) is 2.05. The van der Waals surface area contributed by atoms with Crippen molar-refractivity contribution in [3.8, 4) is 11.4 Å². The van der Waals surface area contributed by atoms with Crippen molar-refractivity contribution in [1.29, 1.82) is 0 Å². The molecule has 0 unspecified atom stereocenters. The third-order valence-electron chi connectivity index (χ3n) is 5.48. The molecule has 4 rings (SSSR count). The number of nitrogens with one attached hydrogen (secondary N) is 1. The average Bonchev–Trinajstić information content (AvgIpc) is 3.36. The van der Waals surface area contributed by atoms with Crippen LogP contribution in [0.4, 0.5) is 4.79 Å². The summed E-state index contributed by atoms with van der Waals surface area (Å²) in [5.41, 5.74) is 2.21. The summed E-state index contributed by atoms with van der Waals surface area (Å²) < 4.78 is 1.97. The Bertz CT molecular complexity index is 838. The summed E-state index contributed by atoms with van der Waals surface area (Å²) in [6, 6.07) is 5.86. The van der Waals surface area contributed by atoms with Gasteiger partial charge in [0, 0.05) is 52.9 Å². The highest BCUT2D eigenvalue weighted by Crippen LogP contribution is 2.32. The van der Waals surface area contributed by atoms with Gasteiger partial charge in [-0.25, -0.2) is 4.79 Å². The molecule has 0 saturated carbocycles. The number of urea groups is 1. The zero-order chi connectivity index (χ0) is 18.4. The Kier molecular flexibility index (Phi) is 3.97. The molecule has 2 aromatic rings. The fraction of sp³-hybridized carbons (Fsp3) is 0.500. The number of aromatic amines is 1. The molecule has 2 atom stereocenters. The van der Waals surface area contributed by atoms with Crippen molar-refractivity contribution in [2.45, 2.75) is 12.5 Å². The Balaban J connectivity index is 1.48. The van der Waals surface area contributed by atoms with E-state index in [1.807, 2.05) is 39.7 Å². The Hall–Kier alpha value is -2.77. The lowest BCUT2D eigenvalue weighted by atomic mass is 10.1. The molecule has 4 heterocycles. The predicted molar refractivity (Wildman–Crippen MR) is 96.6 cm³/mol. The van der Waals surface area contributed by atoms with E-state index in [1.165, 1.54) is 0 Å². The molecule has 26 heavy (non-hydrogen) atoms. The van der Waals surface area contributed by atoms with Gasteiger partial charge in [0.05, 0.1) is 11.7 Å². The summed E-state index contributed by atoms with van der Waals surface area (Å²) in [6.07, 6.45) is 2.90. The van der Waals surface area contributed by atoms with Gasteiger partial charge in [-0.2, -0.15) is 5.10 Å². The molecular formula is C18H24N6O2. The van der Waals surface area contributed by atoms with Crippen LogP contribution in [-0.2, 0) is 7.05 Å². The van der Waals surface area contributed by atoms with Gasteiger partial charge in [-0.3, -0.25) is 9.89 Å². The molecule has 0 spiro atoms. The van der Waals surface area contributed by atoms with Crippen LogP contribution in [0.2, 0.25) is 0 Å². The average molecular weight is 356 g/mol. The normalized spacial score (nSPS) is 22.0. The number of likely N-dealkylation sites (tertiary alicyclic amines) is 2. The lowest BCUT2D eigenvalue weighted by Gasteiger charge is -2.27. The van der Waals surface area contributed by atoms with Crippen LogP contribution in [0.1, 0.15) is 16.9 Å². The number of aryl methyl sites for hydroxylation is 1. The second kappa shape index (κ2) is 6.19. The number of carbonyl (C=O) groups excluding carboxylic acids is 2. The SMILES string of the molecule is CN(C)C(=O)N1CC[C@H]2CN(C(=O)c3cc(-c4cccn4C)n[nH]3)C[C@H]21. The highest BCUT2D eigenvalue weighted by molar-refractivity contribution is 5.93. The van der Waals surface area contributed by atoms with E-state index < -0.39 is 0 Å². The highest BCUT2D eigenvalue weighted by atomic mass is 16.2. The van der Waals surface area contributed by atoms with Gasteiger partial charge in [0.15, 0.2) is 0 Å². The largest absolute Gasteiger partial charge is 0.349 e. The van der Waals surface area contributed by atoms with Crippen LogP contribution in [0.25, 0.3) is 11.4 Å². The third-order valence-corrected chi connectivity index (χ3v) is 5.48. The number of rotatable bonds is 2. The maximum Gasteiger partial charge on any atom is 0.319 e. The fourth-order valence-electron chi connectivity index (χ4n) is 4.08. The van der Waals surface area contributed by atoms with Crippen LogP contribution < -0.4 is 0 Å². The first-order chi connectivity index (χ1) is 12.5. The Labute approximate surface area is 152 Å². The van der Waals surface area contributed by atoms with Gasteiger partial charge in [-0.05, 0) is 24.6 Å². The second-order valence-electron chi connectivity index (χ2n) is 7.37. The molecule has 8 nitrogen and oxygen atoms in total. The van der Waals surface area contributed by atoms with Crippen LogP contribution in [0, 0.1) is 5.92 Å². The van der Waals surface area contributed by atoms with Gasteiger partial charge in [-0.1, -0.05) is 0 Å². The lowest BCUT2D eigenvalue weighted by Crippen LogP contribution is -2.45. The van der Waals surface area contributed by atoms with Crippen molar-refractivity contribution >= 4 is 11.9 Å². The number of H-pyrrole nitrogens is 1. The molecule has 2 aliphatic rings. The van der Waals surface area contributed by atoms with Gasteiger partial charge in [0.25, 0.3) is 5.91 Å². The zero-order valence-corrected chi connectivity index (χ0v) is 15.3. The highest BCUT2D eigenvalue weighted by Gasteiger charge is 2.45. The standard InChI is InChI=1S/C18H24N6O2/c1-21(2)18(26)24-8-6-12-10-23(11-16(12)24)17(25)14-9-13(19-20-14)15-5-4-7-22(15)3/h4-5,7,9,12,16H,6,8,10-11H2,1-3H3,(H,19,20)/t12-,16+/m0/s1. The van der Waals surface area contributed by atoms with E-state index in [-0.39, 0.29) is 18.0 Å². The van der Waals surface area contributed by atoms with E-state index in [1.54, 1.807) is 25.1 Å². The first kappa shape index (κ1) is 16.7. The summed E-state index contributed by atoms with van der Waals surface area (Å²) >= 11 is 0. The summed E-state index contributed by atoms with van der Waals surface area (Å²) in [4.78, 5) is 30.6. The summed E-state index contributed by atoms with van der Waals surface area (Å²) in [7, 11) is 5.48. The van der Waals surface area contributed by atoms with E-state index in [4.69, 9.17) is 0 Å². The minimum absolute atomic E-state index is 0.0272. The molecule has 2 saturated heterocycles. The maximum atomic E-state index is 12.9. The van der Waals surface area contributed by atoms with Crippen molar-refractivity contribution in [3.05, 3.63) is 30.1 Å². The van der Waals surface area contributed by atoms with E-state index in [9.17, 15) is 9.59 Å². The fourth-order valence-corrected chi connectivity index (χ4v) is 4.08. The number of fused-ring (bicyclic) bond motifs is 1. The van der Waals surface area contributed by atoms with Crippen molar-refractivity contribution in [2.24, 2.45) is 13.0 Å². The molecule has 2 aromatic heterocycles. The Morgan fingerprint density at radius 3 is 2.81 bits per heavy atom. The smallest absolute Gasteiger partial charge is 0.319 e. The zero-order valence-electron chi connectivity index (χ0n) is 15.3. The number of hydrogen-bond donors (Lipinski definition) is 1. The molecule has 0 aliphatic carbocycles. The van der Waals surface area contributed by atoms with Crippen LogP contribution in [-0.4, -0.2) is 81.2 Å². The van der Waals surface area contributed by atoms with Gasteiger partial charge >= 0.3 is 6.03 Å². The van der Waals surface area contributed by atoms with Crippen LogP contribution in [0.3, 0.4) is 0 Å². The third kappa shape index (κ3) is 2.65. The molecule has 0 radical (unpaired) electrons. The minimum Gasteiger partial charge on any atom is -0.349 e. The molecule has 0 bridgehead atoms. The summed E-state index contributed by atoms with van der Waals surface area (Å²) in [5, 5.41) is 7.16. The van der Waals surface area contributed by atoms with E-state index >= 15 is 0 Å². The molecule has 138 valence electrons. The maximum absolute atomic E-state index is 12.9. The number of amides is 3. The van der Waals surface area contributed by atoms with Crippen LogP contribution in [0.15, 0.2) is 24.4 Å². The minimum atomic E-state index is -0.0513. The number of nitrogens with zero attached hydrogens (tertiary/aromatic N) is 5. The first-order valence-corrected chi connectivity index (χ1v) is 8.90. The molecule has 3 amide bonds. The Morgan fingerprint density at radius 1 is 1.31 bits per heavy atom. The van der Waals surface area contributed by atoms with Gasteiger partial charge in [0.2, 0.25) is 0 Å². The topological polar surface area (TPSA) is 77.5 Å². The molecule has 0 aromatic carbocycles. The molecule has 1 N–H and O–H groups in total. The second-order valence-corrected chi connectivity index (χ2v) is 7.37. The number of hydrogen-bond acceptors (Lipinski definition) is 3. The van der Waals surface area contributed by atoms with Crippen molar-refractivity contribution in [1.82, 2.24) is 29.5 Å². The van der Waals surface area contributed by atoms with E-state index in [0.717, 1.165) is 24.4 Å². The van der Waals surface area contributed by atoms with Gasteiger partial charge < -0.3 is 19.3 Å². The van der Waals surface area contributed by atoms with Gasteiger partial charge in [0.1, 0.15) is 11.4 Å². The van der Waals surface area contributed by atoms with Crippen molar-refractivity contribution in [2.75, 3.05) is 33.7 Å². The van der Waals surface area contributed by atoms with Crippen LogP contribution >= 0.6 is 0 Å². The van der Waals surface area contributed by atoms with Crippen molar-refractivity contribution in [3.63, 3.8) is 0 Å². The molecule has 2 aliphatic heterocycles. The lowest BCUT2D eigenvalue weighted by molar-refractivity contribution is 0.0766. The predicted octanol–water partition coefficient (Wildman–Crippen LogP) is 1.24. The van der Waals surface area contributed by atoms with Crippen LogP contribution in [0.5, 0.6) is 0 Å². The van der Waals surface area contributed by atoms with Gasteiger partial charge in [-0.15, -0.1) is 0 Å². The Morgan fingerprint density at radius 2 is 2.12 bits per heavy atom. The number of aromatic nitrogens is 3. The summed E-state index contributed by atoms with van der Waals surface area (Å²) in [5.74, 6) is 0.308. The monoisotopic (exact) mass is 356 g/mol.